The van der Waals surface area contributed by atoms with Gasteiger partial charge in [-0.05, 0) is 41.2 Å². The van der Waals surface area contributed by atoms with Gasteiger partial charge in [-0.3, -0.25) is 0 Å². The van der Waals surface area contributed by atoms with E-state index in [-0.39, 0.29) is 12.4 Å². The van der Waals surface area contributed by atoms with Crippen molar-refractivity contribution in [3.63, 3.8) is 0 Å². The first-order valence-electron chi connectivity index (χ1n) is 6.74. The molecule has 0 aromatic heterocycles. The molecule has 0 bridgehead atoms. The maximum Gasteiger partial charge on any atom is 0.127 e. The summed E-state index contributed by atoms with van der Waals surface area (Å²) in [6, 6.07) is 13.6. The molecule has 0 radical (unpaired) electrons. The van der Waals surface area contributed by atoms with Gasteiger partial charge in [0.2, 0.25) is 0 Å². The summed E-state index contributed by atoms with van der Waals surface area (Å²) in [5, 5.41) is 0. The van der Waals surface area contributed by atoms with Gasteiger partial charge in [0.25, 0.3) is 0 Å². The second kappa shape index (κ2) is 5.98. The summed E-state index contributed by atoms with van der Waals surface area (Å²) in [5.74, 6) is 0.337. The molecule has 2 N–H and O–H groups in total. The fraction of sp³-hybridized carbons (Fsp3) is 0.294. The summed E-state index contributed by atoms with van der Waals surface area (Å²) in [7, 11) is 0. The molecular weight excluding hydrogens is 237 g/mol. The molecule has 19 heavy (non-hydrogen) atoms. The molecule has 0 spiro atoms. The lowest BCUT2D eigenvalue weighted by Gasteiger charge is -2.10. The van der Waals surface area contributed by atoms with Gasteiger partial charge in [-0.1, -0.05) is 44.2 Å². The zero-order valence-electron chi connectivity index (χ0n) is 11.5. The Morgan fingerprint density at radius 3 is 2.26 bits per heavy atom. The van der Waals surface area contributed by atoms with E-state index in [9.17, 15) is 4.39 Å². The van der Waals surface area contributed by atoms with E-state index in [4.69, 9.17) is 5.73 Å². The van der Waals surface area contributed by atoms with Crippen LogP contribution in [0.1, 0.15) is 37.3 Å². The van der Waals surface area contributed by atoms with Crippen molar-refractivity contribution in [1.29, 1.82) is 0 Å². The molecule has 0 saturated carbocycles. The molecule has 0 aliphatic rings. The largest absolute Gasteiger partial charge is 0.326 e. The minimum atomic E-state index is -0.234. The summed E-state index contributed by atoms with van der Waals surface area (Å²) < 4.78 is 13.4. The van der Waals surface area contributed by atoms with Crippen LogP contribution < -0.4 is 5.73 Å². The molecule has 0 saturated heterocycles. The topological polar surface area (TPSA) is 26.0 Å². The molecule has 0 aliphatic carbocycles. The second-order valence-electron chi connectivity index (χ2n) is 4.94. The monoisotopic (exact) mass is 257 g/mol. The van der Waals surface area contributed by atoms with E-state index < -0.39 is 0 Å². The SMILES string of the molecule is CCC(C)c1ccc(-c2ccc(F)c(CN)c2)cc1. The fourth-order valence-electron chi connectivity index (χ4n) is 2.15. The van der Waals surface area contributed by atoms with Crippen LogP contribution in [0.4, 0.5) is 4.39 Å². The van der Waals surface area contributed by atoms with Gasteiger partial charge >= 0.3 is 0 Å². The molecule has 1 atom stereocenters. The normalized spacial score (nSPS) is 12.4. The third kappa shape index (κ3) is 3.02. The highest BCUT2D eigenvalue weighted by atomic mass is 19.1. The second-order valence-corrected chi connectivity index (χ2v) is 4.94. The molecule has 2 rings (SSSR count). The lowest BCUT2D eigenvalue weighted by molar-refractivity contribution is 0.611. The van der Waals surface area contributed by atoms with Crippen LogP contribution in [-0.2, 0) is 6.54 Å². The van der Waals surface area contributed by atoms with Crippen molar-refractivity contribution in [3.8, 4) is 11.1 Å². The molecule has 1 nitrogen and oxygen atoms in total. The summed E-state index contributed by atoms with van der Waals surface area (Å²) in [4.78, 5) is 0. The van der Waals surface area contributed by atoms with E-state index in [1.165, 1.54) is 11.6 Å². The van der Waals surface area contributed by atoms with Crippen molar-refractivity contribution in [3.05, 3.63) is 59.4 Å². The predicted molar refractivity (Wildman–Crippen MR) is 78.4 cm³/mol. The summed E-state index contributed by atoms with van der Waals surface area (Å²) in [6.45, 7) is 4.64. The van der Waals surface area contributed by atoms with Crippen LogP contribution in [0.25, 0.3) is 11.1 Å². The van der Waals surface area contributed by atoms with Crippen molar-refractivity contribution >= 4 is 0 Å². The number of hydrogen-bond donors (Lipinski definition) is 1. The maximum absolute atomic E-state index is 13.4. The molecule has 0 aliphatic heterocycles. The lowest BCUT2D eigenvalue weighted by atomic mass is 9.95. The van der Waals surface area contributed by atoms with E-state index >= 15 is 0 Å². The Morgan fingerprint density at radius 2 is 1.68 bits per heavy atom. The summed E-state index contributed by atoms with van der Waals surface area (Å²) >= 11 is 0. The number of rotatable bonds is 4. The zero-order valence-corrected chi connectivity index (χ0v) is 11.5. The minimum absolute atomic E-state index is 0.227. The first-order chi connectivity index (χ1) is 9.15. The van der Waals surface area contributed by atoms with Crippen molar-refractivity contribution in [2.45, 2.75) is 32.7 Å². The third-order valence-corrected chi connectivity index (χ3v) is 3.69. The van der Waals surface area contributed by atoms with E-state index in [1.54, 1.807) is 6.07 Å². The van der Waals surface area contributed by atoms with Gasteiger partial charge in [0.05, 0.1) is 0 Å². The average molecular weight is 257 g/mol. The van der Waals surface area contributed by atoms with E-state index in [0.717, 1.165) is 17.5 Å². The van der Waals surface area contributed by atoms with Crippen LogP contribution in [0, 0.1) is 5.82 Å². The van der Waals surface area contributed by atoms with Gasteiger partial charge in [0.1, 0.15) is 5.82 Å². The van der Waals surface area contributed by atoms with Gasteiger partial charge in [0, 0.05) is 12.1 Å². The number of halogens is 1. The van der Waals surface area contributed by atoms with Crippen molar-refractivity contribution in [2.75, 3.05) is 0 Å². The smallest absolute Gasteiger partial charge is 0.127 e. The quantitative estimate of drug-likeness (QED) is 0.859. The Bertz CT molecular complexity index is 546. The number of nitrogens with two attached hydrogens (primary N) is 1. The highest BCUT2D eigenvalue weighted by Crippen LogP contribution is 2.25. The molecule has 1 unspecified atom stereocenters. The highest BCUT2D eigenvalue weighted by molar-refractivity contribution is 5.64. The molecule has 2 aromatic carbocycles. The summed E-state index contributed by atoms with van der Waals surface area (Å²) in [6.07, 6.45) is 1.13. The molecule has 0 fully saturated rings. The Kier molecular flexibility index (Phi) is 4.33. The number of hydrogen-bond acceptors (Lipinski definition) is 1. The van der Waals surface area contributed by atoms with Crippen LogP contribution >= 0.6 is 0 Å². The van der Waals surface area contributed by atoms with Gasteiger partial charge in [-0.2, -0.15) is 0 Å². The van der Waals surface area contributed by atoms with Gasteiger partial charge in [0.15, 0.2) is 0 Å². The first-order valence-corrected chi connectivity index (χ1v) is 6.74. The molecule has 0 amide bonds. The molecular formula is C17H20FN. The number of benzene rings is 2. The van der Waals surface area contributed by atoms with E-state index in [2.05, 4.69) is 38.1 Å². The van der Waals surface area contributed by atoms with Gasteiger partial charge in [-0.25, -0.2) is 4.39 Å². The van der Waals surface area contributed by atoms with Crippen molar-refractivity contribution in [1.82, 2.24) is 0 Å². The Balaban J connectivity index is 2.32. The minimum Gasteiger partial charge on any atom is -0.326 e. The Hall–Kier alpha value is -1.67. The van der Waals surface area contributed by atoms with Gasteiger partial charge < -0.3 is 5.73 Å². The van der Waals surface area contributed by atoms with E-state index in [1.807, 2.05) is 6.07 Å². The standard InChI is InChI=1S/C17H20FN/c1-3-12(2)13-4-6-14(7-5-13)15-8-9-17(18)16(10-15)11-19/h4-10,12H,3,11,19H2,1-2H3. The van der Waals surface area contributed by atoms with Crippen LogP contribution in [0.5, 0.6) is 0 Å². The van der Waals surface area contributed by atoms with Gasteiger partial charge in [-0.15, -0.1) is 0 Å². The van der Waals surface area contributed by atoms with Crippen LogP contribution in [-0.4, -0.2) is 0 Å². The highest BCUT2D eigenvalue weighted by Gasteiger charge is 2.06. The molecule has 2 aromatic rings. The fourth-order valence-corrected chi connectivity index (χ4v) is 2.15. The molecule has 100 valence electrons. The average Bonchev–Trinajstić information content (AvgIpc) is 2.47. The first kappa shape index (κ1) is 13.8. The van der Waals surface area contributed by atoms with E-state index in [0.29, 0.717) is 11.5 Å². The predicted octanol–water partition coefficient (Wildman–Crippen LogP) is 4.46. The van der Waals surface area contributed by atoms with Crippen LogP contribution in [0.15, 0.2) is 42.5 Å². The lowest BCUT2D eigenvalue weighted by Crippen LogP contribution is -1.99. The molecule has 0 heterocycles. The van der Waals surface area contributed by atoms with Crippen molar-refractivity contribution < 1.29 is 4.39 Å². The van der Waals surface area contributed by atoms with Crippen LogP contribution in [0.3, 0.4) is 0 Å². The molecule has 2 heteroatoms. The zero-order chi connectivity index (χ0) is 13.8. The maximum atomic E-state index is 13.4. The third-order valence-electron chi connectivity index (χ3n) is 3.69. The Labute approximate surface area is 114 Å². The Morgan fingerprint density at radius 1 is 1.05 bits per heavy atom. The van der Waals surface area contributed by atoms with Crippen molar-refractivity contribution in [2.24, 2.45) is 5.73 Å². The van der Waals surface area contributed by atoms with Crippen LogP contribution in [0.2, 0.25) is 0 Å². The summed E-state index contributed by atoms with van der Waals surface area (Å²) in [5.41, 5.74) is 9.55.